The topological polar surface area (TPSA) is 71.8 Å². The molecule has 0 aliphatic rings. The number of nitrogens with one attached hydrogen (secondary N) is 1. The largest absolute Gasteiger partial charge is 0.593 e. The molecule has 1 atom stereocenters. The van der Waals surface area contributed by atoms with Crippen LogP contribution in [-0.4, -0.2) is 15.8 Å². The zero-order valence-electron chi connectivity index (χ0n) is 6.44. The number of rotatable bonds is 2. The van der Waals surface area contributed by atoms with Crippen LogP contribution in [0, 0.1) is 11.3 Å². The van der Waals surface area contributed by atoms with Crippen molar-refractivity contribution < 1.29 is 4.55 Å². The van der Waals surface area contributed by atoms with Crippen molar-refractivity contribution in [3.8, 4) is 6.07 Å². The summed E-state index contributed by atoms with van der Waals surface area (Å²) in [6, 6.07) is 5.09. The van der Waals surface area contributed by atoms with Crippen molar-refractivity contribution >= 4 is 17.2 Å². The molecular weight excluding hydrogens is 174 g/mol. The Bertz CT molecular complexity index is 308. The van der Waals surface area contributed by atoms with Gasteiger partial charge in [0.05, 0.1) is 23.0 Å². The molecule has 0 bridgehead atoms. The normalized spacial score (nSPS) is 11.8. The number of aromatic nitrogens is 1. The van der Waals surface area contributed by atoms with Crippen LogP contribution in [-0.2, 0) is 11.4 Å². The highest BCUT2D eigenvalue weighted by molar-refractivity contribution is 7.92. The van der Waals surface area contributed by atoms with Gasteiger partial charge in [0.2, 0.25) is 0 Å². The average molecular weight is 181 g/mol. The molecule has 62 valence electrons. The van der Waals surface area contributed by atoms with Gasteiger partial charge in [0.25, 0.3) is 0 Å². The Kier molecular flexibility index (Phi) is 2.91. The zero-order valence-corrected chi connectivity index (χ0v) is 7.26. The summed E-state index contributed by atoms with van der Waals surface area (Å²) in [7, 11) is 0. The third-order valence-corrected chi connectivity index (χ3v) is 1.63. The van der Waals surface area contributed by atoms with Gasteiger partial charge in [-0.15, -0.1) is 0 Å². The molecule has 4 nitrogen and oxygen atoms in total. The zero-order chi connectivity index (χ0) is 8.97. The van der Waals surface area contributed by atoms with E-state index in [-0.39, 0.29) is 0 Å². The number of nitriles is 1. The standard InChI is InChI=1S/C7H7N3OS/c1-12(11)10-7-4-6(5-8)2-3-9-7/h2-4H,1H3,(H,9,10)/t12-/m1/s1. The van der Waals surface area contributed by atoms with E-state index in [2.05, 4.69) is 9.71 Å². The lowest BCUT2D eigenvalue weighted by Gasteiger charge is -2.05. The summed E-state index contributed by atoms with van der Waals surface area (Å²) in [6.45, 7) is 0. The van der Waals surface area contributed by atoms with Gasteiger partial charge in [0.15, 0.2) is 5.82 Å². The number of anilines is 1. The van der Waals surface area contributed by atoms with Crippen LogP contribution in [0.15, 0.2) is 18.3 Å². The van der Waals surface area contributed by atoms with Gasteiger partial charge < -0.3 is 4.55 Å². The van der Waals surface area contributed by atoms with Crippen molar-refractivity contribution in [3.63, 3.8) is 0 Å². The van der Waals surface area contributed by atoms with Crippen LogP contribution < -0.4 is 4.72 Å². The fourth-order valence-corrected chi connectivity index (χ4v) is 1.11. The van der Waals surface area contributed by atoms with Crippen molar-refractivity contribution in [3.05, 3.63) is 23.9 Å². The summed E-state index contributed by atoms with van der Waals surface area (Å²) in [5.41, 5.74) is 0.498. The highest BCUT2D eigenvalue weighted by atomic mass is 32.2. The monoisotopic (exact) mass is 181 g/mol. The molecule has 0 radical (unpaired) electrons. The molecule has 1 N–H and O–H groups in total. The average Bonchev–Trinajstić information content (AvgIpc) is 2.03. The van der Waals surface area contributed by atoms with Gasteiger partial charge in [-0.2, -0.15) is 9.98 Å². The van der Waals surface area contributed by atoms with Gasteiger partial charge in [-0.05, 0) is 6.07 Å². The SMILES string of the molecule is C[S@@+]([O-])Nc1cc(C#N)ccn1. The van der Waals surface area contributed by atoms with E-state index in [1.54, 1.807) is 12.1 Å². The molecule has 0 amide bonds. The molecule has 0 spiro atoms. The predicted molar refractivity (Wildman–Crippen MR) is 46.6 cm³/mol. The molecule has 0 aliphatic heterocycles. The summed E-state index contributed by atoms with van der Waals surface area (Å²) in [6.07, 6.45) is 2.99. The van der Waals surface area contributed by atoms with Crippen LogP contribution in [0.1, 0.15) is 5.56 Å². The summed E-state index contributed by atoms with van der Waals surface area (Å²) in [5.74, 6) is 0.454. The highest BCUT2D eigenvalue weighted by Gasteiger charge is 2.00. The van der Waals surface area contributed by atoms with E-state index in [0.717, 1.165) is 0 Å². The molecule has 0 unspecified atom stereocenters. The summed E-state index contributed by atoms with van der Waals surface area (Å²) >= 11 is -1.15. The second kappa shape index (κ2) is 3.95. The van der Waals surface area contributed by atoms with Gasteiger partial charge >= 0.3 is 0 Å². The van der Waals surface area contributed by atoms with E-state index in [9.17, 15) is 4.55 Å². The minimum Gasteiger partial charge on any atom is -0.593 e. The quantitative estimate of drug-likeness (QED) is 0.680. The minimum absolute atomic E-state index is 0.454. The molecule has 0 fully saturated rings. The molecular formula is C7H7N3OS. The Morgan fingerprint density at radius 2 is 2.50 bits per heavy atom. The van der Waals surface area contributed by atoms with Gasteiger partial charge in [-0.3, -0.25) is 0 Å². The van der Waals surface area contributed by atoms with Gasteiger partial charge in [0.1, 0.15) is 6.26 Å². The smallest absolute Gasteiger partial charge is 0.171 e. The number of hydrogen-bond donors (Lipinski definition) is 1. The Morgan fingerprint density at radius 3 is 3.08 bits per heavy atom. The van der Waals surface area contributed by atoms with Crippen molar-refractivity contribution in [1.29, 1.82) is 5.26 Å². The molecule has 1 aromatic rings. The lowest BCUT2D eigenvalue weighted by Crippen LogP contribution is -2.10. The van der Waals surface area contributed by atoms with Crippen LogP contribution in [0.4, 0.5) is 5.82 Å². The van der Waals surface area contributed by atoms with Crippen molar-refractivity contribution in [2.45, 2.75) is 0 Å². The van der Waals surface area contributed by atoms with Crippen molar-refractivity contribution in [2.24, 2.45) is 0 Å². The lowest BCUT2D eigenvalue weighted by molar-refractivity contribution is 0.605. The predicted octanol–water partition coefficient (Wildman–Crippen LogP) is 0.659. The fraction of sp³-hybridized carbons (Fsp3) is 0.143. The second-order valence-electron chi connectivity index (χ2n) is 2.10. The maximum absolute atomic E-state index is 10.7. The van der Waals surface area contributed by atoms with E-state index in [4.69, 9.17) is 5.26 Å². The van der Waals surface area contributed by atoms with Crippen molar-refractivity contribution in [2.75, 3.05) is 11.0 Å². The number of hydrogen-bond acceptors (Lipinski definition) is 4. The molecule has 12 heavy (non-hydrogen) atoms. The highest BCUT2D eigenvalue weighted by Crippen LogP contribution is 2.06. The van der Waals surface area contributed by atoms with Gasteiger partial charge in [0, 0.05) is 12.3 Å². The van der Waals surface area contributed by atoms with Crippen LogP contribution in [0.25, 0.3) is 0 Å². The Morgan fingerprint density at radius 1 is 1.75 bits per heavy atom. The number of pyridine rings is 1. The summed E-state index contributed by atoms with van der Waals surface area (Å²) in [4.78, 5) is 3.87. The maximum atomic E-state index is 10.7. The van der Waals surface area contributed by atoms with Gasteiger partial charge in [-0.1, -0.05) is 0 Å². The first-order chi connectivity index (χ1) is 5.72. The van der Waals surface area contributed by atoms with E-state index in [1.165, 1.54) is 12.5 Å². The van der Waals surface area contributed by atoms with Crippen LogP contribution in [0.3, 0.4) is 0 Å². The second-order valence-corrected chi connectivity index (χ2v) is 3.21. The maximum Gasteiger partial charge on any atom is 0.171 e. The molecule has 1 aromatic heterocycles. The van der Waals surface area contributed by atoms with E-state index in [1.807, 2.05) is 6.07 Å². The summed E-state index contributed by atoms with van der Waals surface area (Å²) in [5, 5.41) is 8.51. The third kappa shape index (κ3) is 2.42. The summed E-state index contributed by atoms with van der Waals surface area (Å²) < 4.78 is 13.3. The van der Waals surface area contributed by atoms with E-state index >= 15 is 0 Å². The Balaban J connectivity index is 2.81. The Hall–Kier alpha value is -1.25. The first kappa shape index (κ1) is 8.84. The molecule has 0 aromatic carbocycles. The lowest BCUT2D eigenvalue weighted by atomic mass is 10.3. The minimum atomic E-state index is -1.15. The number of nitrogens with zero attached hydrogens (tertiary/aromatic N) is 2. The first-order valence-electron chi connectivity index (χ1n) is 3.18. The van der Waals surface area contributed by atoms with Crippen molar-refractivity contribution in [1.82, 2.24) is 4.98 Å². The fourth-order valence-electron chi connectivity index (χ4n) is 0.703. The Labute approximate surface area is 73.6 Å². The molecule has 1 rings (SSSR count). The molecule has 0 saturated heterocycles. The molecule has 0 aliphatic carbocycles. The molecule has 0 saturated carbocycles. The van der Waals surface area contributed by atoms with E-state index < -0.39 is 11.4 Å². The van der Waals surface area contributed by atoms with Gasteiger partial charge in [-0.25, -0.2) is 4.98 Å². The van der Waals surface area contributed by atoms with E-state index in [0.29, 0.717) is 11.4 Å². The van der Waals surface area contributed by atoms with Crippen LogP contribution in [0.2, 0.25) is 0 Å². The van der Waals surface area contributed by atoms with Crippen LogP contribution >= 0.6 is 0 Å². The first-order valence-corrected chi connectivity index (χ1v) is 4.74. The van der Waals surface area contributed by atoms with Crippen LogP contribution in [0.5, 0.6) is 0 Å². The molecule has 1 heterocycles. The molecule has 5 heteroatoms. The third-order valence-electron chi connectivity index (χ3n) is 1.14.